The van der Waals surface area contributed by atoms with Crippen molar-refractivity contribution in [3.63, 3.8) is 0 Å². The van der Waals surface area contributed by atoms with Crippen molar-refractivity contribution in [2.45, 2.75) is 32.2 Å². The molecule has 0 aliphatic rings. The van der Waals surface area contributed by atoms with E-state index in [1.807, 2.05) is 19.1 Å². The minimum absolute atomic E-state index is 0.0484. The Kier molecular flexibility index (Phi) is 3.89. The predicted octanol–water partition coefficient (Wildman–Crippen LogP) is 2.58. The summed E-state index contributed by atoms with van der Waals surface area (Å²) in [5.41, 5.74) is 6.04. The van der Waals surface area contributed by atoms with Crippen LogP contribution in [0, 0.1) is 0 Å². The number of nitrogens with two attached hydrogens (primary N) is 1. The van der Waals surface area contributed by atoms with Crippen molar-refractivity contribution in [2.75, 3.05) is 0 Å². The SMILES string of the molecule is CCC(C)(N)C(=O)Cc1cccc(Cl)c1. The molecule has 15 heavy (non-hydrogen) atoms. The number of rotatable bonds is 4. The van der Waals surface area contributed by atoms with Gasteiger partial charge in [-0.3, -0.25) is 4.79 Å². The van der Waals surface area contributed by atoms with Crippen molar-refractivity contribution in [3.8, 4) is 0 Å². The number of carbonyl (C=O) groups is 1. The molecule has 1 rings (SSSR count). The van der Waals surface area contributed by atoms with Gasteiger partial charge < -0.3 is 5.73 Å². The lowest BCUT2D eigenvalue weighted by Crippen LogP contribution is -2.45. The van der Waals surface area contributed by atoms with Gasteiger partial charge in [-0.2, -0.15) is 0 Å². The first kappa shape index (κ1) is 12.2. The van der Waals surface area contributed by atoms with Crippen LogP contribution in [0.15, 0.2) is 24.3 Å². The average molecular weight is 226 g/mol. The van der Waals surface area contributed by atoms with E-state index < -0.39 is 5.54 Å². The minimum Gasteiger partial charge on any atom is -0.319 e. The van der Waals surface area contributed by atoms with Gasteiger partial charge in [0.05, 0.1) is 5.54 Å². The van der Waals surface area contributed by atoms with Crippen molar-refractivity contribution < 1.29 is 4.79 Å². The zero-order valence-corrected chi connectivity index (χ0v) is 9.84. The summed E-state index contributed by atoms with van der Waals surface area (Å²) in [5, 5.41) is 0.649. The molecule has 2 nitrogen and oxygen atoms in total. The summed E-state index contributed by atoms with van der Waals surface area (Å²) in [6, 6.07) is 7.31. The van der Waals surface area contributed by atoms with Gasteiger partial charge in [0, 0.05) is 11.4 Å². The lowest BCUT2D eigenvalue weighted by molar-refractivity contribution is -0.123. The molecule has 0 fully saturated rings. The quantitative estimate of drug-likeness (QED) is 0.856. The maximum atomic E-state index is 11.8. The summed E-state index contributed by atoms with van der Waals surface area (Å²) in [4.78, 5) is 11.8. The van der Waals surface area contributed by atoms with Crippen molar-refractivity contribution in [1.82, 2.24) is 0 Å². The number of halogens is 1. The van der Waals surface area contributed by atoms with Gasteiger partial charge in [-0.25, -0.2) is 0 Å². The molecular formula is C12H16ClNO. The van der Waals surface area contributed by atoms with Crippen molar-refractivity contribution in [2.24, 2.45) is 5.73 Å². The Morgan fingerprint density at radius 1 is 1.53 bits per heavy atom. The molecule has 0 amide bonds. The van der Waals surface area contributed by atoms with E-state index in [0.717, 1.165) is 5.56 Å². The fourth-order valence-electron chi connectivity index (χ4n) is 1.23. The molecule has 0 aliphatic heterocycles. The van der Waals surface area contributed by atoms with Crippen molar-refractivity contribution in [1.29, 1.82) is 0 Å². The molecule has 2 N–H and O–H groups in total. The summed E-state index contributed by atoms with van der Waals surface area (Å²) in [7, 11) is 0. The van der Waals surface area contributed by atoms with E-state index in [0.29, 0.717) is 17.9 Å². The summed E-state index contributed by atoms with van der Waals surface area (Å²) < 4.78 is 0. The Hall–Kier alpha value is -0.860. The maximum absolute atomic E-state index is 11.8. The molecular weight excluding hydrogens is 210 g/mol. The van der Waals surface area contributed by atoms with Gasteiger partial charge in [-0.1, -0.05) is 30.7 Å². The van der Waals surface area contributed by atoms with Crippen LogP contribution < -0.4 is 5.73 Å². The largest absolute Gasteiger partial charge is 0.319 e. The molecule has 82 valence electrons. The van der Waals surface area contributed by atoms with Crippen molar-refractivity contribution in [3.05, 3.63) is 34.9 Å². The van der Waals surface area contributed by atoms with Gasteiger partial charge in [0.25, 0.3) is 0 Å². The van der Waals surface area contributed by atoms with Crippen LogP contribution in [0.4, 0.5) is 0 Å². The number of carbonyl (C=O) groups excluding carboxylic acids is 1. The Morgan fingerprint density at radius 2 is 2.20 bits per heavy atom. The van der Waals surface area contributed by atoms with Gasteiger partial charge in [-0.05, 0) is 31.0 Å². The monoisotopic (exact) mass is 225 g/mol. The Morgan fingerprint density at radius 3 is 2.73 bits per heavy atom. The van der Waals surface area contributed by atoms with E-state index in [-0.39, 0.29) is 5.78 Å². The number of hydrogen-bond acceptors (Lipinski definition) is 2. The van der Waals surface area contributed by atoms with Crippen LogP contribution in [0.1, 0.15) is 25.8 Å². The van der Waals surface area contributed by atoms with E-state index in [2.05, 4.69) is 0 Å². The van der Waals surface area contributed by atoms with Crippen LogP contribution in [-0.4, -0.2) is 11.3 Å². The molecule has 3 heteroatoms. The summed E-state index contributed by atoms with van der Waals surface area (Å²) >= 11 is 5.83. The fraction of sp³-hybridized carbons (Fsp3) is 0.417. The van der Waals surface area contributed by atoms with E-state index in [1.165, 1.54) is 0 Å². The predicted molar refractivity (Wildman–Crippen MR) is 63.0 cm³/mol. The van der Waals surface area contributed by atoms with Crippen LogP contribution in [-0.2, 0) is 11.2 Å². The molecule has 0 aromatic heterocycles. The molecule has 0 radical (unpaired) electrons. The van der Waals surface area contributed by atoms with Crippen LogP contribution >= 0.6 is 11.6 Å². The zero-order chi connectivity index (χ0) is 11.5. The summed E-state index contributed by atoms with van der Waals surface area (Å²) in [6.07, 6.45) is 0.994. The van der Waals surface area contributed by atoms with Gasteiger partial charge >= 0.3 is 0 Å². The fourth-order valence-corrected chi connectivity index (χ4v) is 1.44. The Balaban J connectivity index is 2.75. The number of hydrogen-bond donors (Lipinski definition) is 1. The summed E-state index contributed by atoms with van der Waals surface area (Å²) in [5.74, 6) is 0.0484. The molecule has 0 heterocycles. The van der Waals surface area contributed by atoms with E-state index in [1.54, 1.807) is 19.1 Å². The summed E-state index contributed by atoms with van der Waals surface area (Å²) in [6.45, 7) is 3.68. The maximum Gasteiger partial charge on any atom is 0.156 e. The molecule has 1 atom stereocenters. The lowest BCUT2D eigenvalue weighted by atomic mass is 9.90. The number of benzene rings is 1. The third kappa shape index (κ3) is 3.33. The van der Waals surface area contributed by atoms with Crippen LogP contribution in [0.25, 0.3) is 0 Å². The highest BCUT2D eigenvalue weighted by molar-refractivity contribution is 6.30. The number of Topliss-reactive ketones (excluding diaryl/α,β-unsaturated/α-hetero) is 1. The van der Waals surface area contributed by atoms with Crippen molar-refractivity contribution >= 4 is 17.4 Å². The van der Waals surface area contributed by atoms with Crippen LogP contribution in [0.5, 0.6) is 0 Å². The standard InChI is InChI=1S/C12H16ClNO/c1-3-12(2,14)11(15)8-9-5-4-6-10(13)7-9/h4-7H,3,8,14H2,1-2H3. The lowest BCUT2D eigenvalue weighted by Gasteiger charge is -2.20. The molecule has 0 spiro atoms. The molecule has 0 bridgehead atoms. The molecule has 1 aromatic carbocycles. The first-order chi connectivity index (χ1) is 6.95. The topological polar surface area (TPSA) is 43.1 Å². The first-order valence-electron chi connectivity index (χ1n) is 5.02. The smallest absolute Gasteiger partial charge is 0.156 e. The second-order valence-electron chi connectivity index (χ2n) is 4.00. The Labute approximate surface area is 95.4 Å². The first-order valence-corrected chi connectivity index (χ1v) is 5.40. The normalized spacial score (nSPS) is 14.7. The molecule has 0 aliphatic carbocycles. The van der Waals surface area contributed by atoms with Gasteiger partial charge in [0.15, 0.2) is 5.78 Å². The van der Waals surface area contributed by atoms with E-state index >= 15 is 0 Å². The van der Waals surface area contributed by atoms with Gasteiger partial charge in [-0.15, -0.1) is 0 Å². The number of ketones is 1. The highest BCUT2D eigenvalue weighted by Crippen LogP contribution is 2.15. The second kappa shape index (κ2) is 4.77. The second-order valence-corrected chi connectivity index (χ2v) is 4.44. The Bertz CT molecular complexity index is 360. The van der Waals surface area contributed by atoms with Crippen LogP contribution in [0.2, 0.25) is 5.02 Å². The third-order valence-electron chi connectivity index (χ3n) is 2.63. The van der Waals surface area contributed by atoms with Gasteiger partial charge in [0.2, 0.25) is 0 Å². The average Bonchev–Trinajstić information content (AvgIpc) is 2.17. The highest BCUT2D eigenvalue weighted by Gasteiger charge is 2.25. The van der Waals surface area contributed by atoms with Gasteiger partial charge in [0.1, 0.15) is 0 Å². The van der Waals surface area contributed by atoms with E-state index in [9.17, 15) is 4.79 Å². The van der Waals surface area contributed by atoms with Crippen LogP contribution in [0.3, 0.4) is 0 Å². The highest BCUT2D eigenvalue weighted by atomic mass is 35.5. The third-order valence-corrected chi connectivity index (χ3v) is 2.86. The molecule has 0 saturated carbocycles. The minimum atomic E-state index is -0.734. The molecule has 0 saturated heterocycles. The molecule has 1 aromatic rings. The molecule has 1 unspecified atom stereocenters. The zero-order valence-electron chi connectivity index (χ0n) is 9.09. The van der Waals surface area contributed by atoms with E-state index in [4.69, 9.17) is 17.3 Å².